The van der Waals surface area contributed by atoms with E-state index < -0.39 is 0 Å². The second kappa shape index (κ2) is 12.4. The molecule has 37 heavy (non-hydrogen) atoms. The van der Waals surface area contributed by atoms with E-state index in [1.165, 1.54) is 19.3 Å². The van der Waals surface area contributed by atoms with Crippen LogP contribution in [0.5, 0.6) is 11.5 Å². The fourth-order valence-corrected chi connectivity index (χ4v) is 5.37. The first-order valence-electron chi connectivity index (χ1n) is 13.1. The van der Waals surface area contributed by atoms with Crippen molar-refractivity contribution in [2.45, 2.75) is 32.2 Å². The lowest BCUT2D eigenvalue weighted by Gasteiger charge is -2.37. The standard InChI is InChI=1S/C26H36N8O2S/c1-35-22-15-20(36-13-3-5-19-4-2-6-27-16-19)14-21-24(22)25(32-18-31-21)33-9-11-34(12-10-33)26(37)30-17-23-28-7-8-29-23/h7-8,14-15,18-19,27H,2-6,9-13,16-17H2,1H3,(H,28,29)(H,30,37). The highest BCUT2D eigenvalue weighted by Crippen LogP contribution is 2.36. The first-order chi connectivity index (χ1) is 18.2. The van der Waals surface area contributed by atoms with Gasteiger partial charge in [-0.05, 0) is 56.9 Å². The molecule has 11 heteroatoms. The molecule has 1 unspecified atom stereocenters. The SMILES string of the molecule is COc1cc(OCCCC2CCCNC2)cc2ncnc(N3CCN(C(=S)NCc4ncc[nH]4)CC3)c12. The summed E-state index contributed by atoms with van der Waals surface area (Å²) in [6, 6.07) is 3.95. The van der Waals surface area contributed by atoms with Gasteiger partial charge in [0.15, 0.2) is 5.11 Å². The van der Waals surface area contributed by atoms with Crippen molar-refractivity contribution >= 4 is 34.1 Å². The summed E-state index contributed by atoms with van der Waals surface area (Å²) in [5, 5.41) is 8.43. The van der Waals surface area contributed by atoms with Gasteiger partial charge in [0.1, 0.15) is 29.5 Å². The number of hydrogen-bond donors (Lipinski definition) is 3. The van der Waals surface area contributed by atoms with Crippen molar-refractivity contribution in [1.82, 2.24) is 35.5 Å². The number of piperazine rings is 1. The van der Waals surface area contributed by atoms with Crippen LogP contribution in [-0.4, -0.2) is 82.9 Å². The number of anilines is 1. The van der Waals surface area contributed by atoms with Crippen LogP contribution in [0.4, 0.5) is 5.82 Å². The Morgan fingerprint density at radius 1 is 1.19 bits per heavy atom. The summed E-state index contributed by atoms with van der Waals surface area (Å²) in [5.74, 6) is 4.03. The molecule has 2 aliphatic heterocycles. The lowest BCUT2D eigenvalue weighted by atomic mass is 9.95. The molecule has 0 saturated carbocycles. The third-order valence-electron chi connectivity index (χ3n) is 7.13. The summed E-state index contributed by atoms with van der Waals surface area (Å²) in [5.41, 5.74) is 0.828. The molecule has 0 spiro atoms. The van der Waals surface area contributed by atoms with Gasteiger partial charge in [0, 0.05) is 50.7 Å². The van der Waals surface area contributed by atoms with Crippen LogP contribution >= 0.6 is 12.2 Å². The molecular weight excluding hydrogens is 488 g/mol. The Morgan fingerprint density at radius 3 is 2.84 bits per heavy atom. The number of hydrogen-bond acceptors (Lipinski definition) is 8. The van der Waals surface area contributed by atoms with Crippen molar-refractivity contribution in [3.8, 4) is 11.5 Å². The summed E-state index contributed by atoms with van der Waals surface area (Å²) in [6.07, 6.45) is 10.0. The zero-order valence-corrected chi connectivity index (χ0v) is 22.2. The van der Waals surface area contributed by atoms with Gasteiger partial charge in [-0.2, -0.15) is 0 Å². The second-order valence-electron chi connectivity index (χ2n) is 9.59. The van der Waals surface area contributed by atoms with Crippen LogP contribution in [0.15, 0.2) is 30.9 Å². The number of rotatable bonds is 9. The summed E-state index contributed by atoms with van der Waals surface area (Å²) >= 11 is 5.61. The normalized spacial score (nSPS) is 18.1. The fourth-order valence-electron chi connectivity index (χ4n) is 5.12. The predicted molar refractivity (Wildman–Crippen MR) is 148 cm³/mol. The van der Waals surface area contributed by atoms with Crippen LogP contribution in [0.1, 0.15) is 31.5 Å². The van der Waals surface area contributed by atoms with Gasteiger partial charge in [0.2, 0.25) is 0 Å². The highest BCUT2D eigenvalue weighted by Gasteiger charge is 2.23. The molecule has 1 atom stereocenters. The van der Waals surface area contributed by atoms with Gasteiger partial charge in [-0.15, -0.1) is 0 Å². The van der Waals surface area contributed by atoms with E-state index in [1.807, 2.05) is 18.3 Å². The monoisotopic (exact) mass is 524 g/mol. The molecule has 0 radical (unpaired) electrons. The quantitative estimate of drug-likeness (QED) is 0.286. The minimum Gasteiger partial charge on any atom is -0.496 e. The number of piperidine rings is 1. The van der Waals surface area contributed by atoms with Crippen LogP contribution in [0.25, 0.3) is 10.9 Å². The maximum atomic E-state index is 6.11. The number of nitrogens with zero attached hydrogens (tertiary/aromatic N) is 5. The zero-order valence-electron chi connectivity index (χ0n) is 21.4. The van der Waals surface area contributed by atoms with E-state index in [0.717, 1.165) is 90.8 Å². The molecule has 2 saturated heterocycles. The molecule has 0 bridgehead atoms. The number of ether oxygens (including phenoxy) is 2. The van der Waals surface area contributed by atoms with Crippen LogP contribution in [-0.2, 0) is 6.54 Å². The van der Waals surface area contributed by atoms with E-state index in [0.29, 0.717) is 13.2 Å². The smallest absolute Gasteiger partial charge is 0.169 e. The van der Waals surface area contributed by atoms with Gasteiger partial charge in [-0.25, -0.2) is 15.0 Å². The minimum atomic E-state index is 0.585. The Morgan fingerprint density at radius 2 is 2.08 bits per heavy atom. The Labute approximate surface area is 223 Å². The number of benzene rings is 1. The van der Waals surface area contributed by atoms with E-state index in [9.17, 15) is 0 Å². The predicted octanol–water partition coefficient (Wildman–Crippen LogP) is 2.72. The van der Waals surface area contributed by atoms with Crippen molar-refractivity contribution in [1.29, 1.82) is 0 Å². The number of methoxy groups -OCH3 is 1. The number of H-pyrrole nitrogens is 1. The third kappa shape index (κ3) is 6.40. The maximum Gasteiger partial charge on any atom is 0.169 e. The Hall–Kier alpha value is -3.18. The van der Waals surface area contributed by atoms with E-state index in [2.05, 4.69) is 40.4 Å². The number of thiocarbonyl (C=S) groups is 1. The number of nitrogens with one attached hydrogen (secondary N) is 3. The van der Waals surface area contributed by atoms with Gasteiger partial charge in [-0.3, -0.25) is 0 Å². The Balaban J connectivity index is 1.20. The number of aromatic nitrogens is 4. The molecule has 10 nitrogen and oxygen atoms in total. The van der Waals surface area contributed by atoms with Crippen LogP contribution in [0.3, 0.4) is 0 Å². The van der Waals surface area contributed by atoms with Gasteiger partial charge >= 0.3 is 0 Å². The summed E-state index contributed by atoms with van der Waals surface area (Å²) in [4.78, 5) is 21.0. The highest BCUT2D eigenvalue weighted by atomic mass is 32.1. The first-order valence-corrected chi connectivity index (χ1v) is 13.5. The maximum absolute atomic E-state index is 6.11. The van der Waals surface area contributed by atoms with E-state index in [-0.39, 0.29) is 0 Å². The third-order valence-corrected chi connectivity index (χ3v) is 7.53. The molecule has 4 heterocycles. The van der Waals surface area contributed by atoms with Crippen molar-refractivity contribution in [3.63, 3.8) is 0 Å². The van der Waals surface area contributed by atoms with E-state index in [4.69, 9.17) is 21.7 Å². The topological polar surface area (TPSA) is 103 Å². The zero-order chi connectivity index (χ0) is 25.5. The molecule has 1 aromatic carbocycles. The fraction of sp³-hybridized carbons (Fsp3) is 0.538. The van der Waals surface area contributed by atoms with Gasteiger partial charge < -0.3 is 34.9 Å². The largest absolute Gasteiger partial charge is 0.496 e. The number of imidazole rings is 1. The molecule has 0 amide bonds. The average Bonchev–Trinajstić information content (AvgIpc) is 3.48. The Bertz CT molecular complexity index is 1160. The number of aromatic amines is 1. The molecule has 2 aromatic heterocycles. The molecule has 3 aromatic rings. The second-order valence-corrected chi connectivity index (χ2v) is 9.98. The van der Waals surface area contributed by atoms with Crippen LogP contribution in [0, 0.1) is 5.92 Å². The molecule has 0 aliphatic carbocycles. The van der Waals surface area contributed by atoms with Crippen LogP contribution < -0.4 is 25.0 Å². The van der Waals surface area contributed by atoms with Crippen LogP contribution in [0.2, 0.25) is 0 Å². The summed E-state index contributed by atoms with van der Waals surface area (Å²) in [6.45, 7) is 6.76. The number of fused-ring (bicyclic) bond motifs is 1. The average molecular weight is 525 g/mol. The molecular formula is C26H36N8O2S. The van der Waals surface area contributed by atoms with Gasteiger partial charge in [0.25, 0.3) is 0 Å². The molecule has 3 N–H and O–H groups in total. The first kappa shape index (κ1) is 25.5. The van der Waals surface area contributed by atoms with E-state index in [1.54, 1.807) is 19.6 Å². The summed E-state index contributed by atoms with van der Waals surface area (Å²) < 4.78 is 11.9. The molecule has 2 fully saturated rings. The molecule has 5 rings (SSSR count). The van der Waals surface area contributed by atoms with Gasteiger partial charge in [0.05, 0.1) is 31.2 Å². The van der Waals surface area contributed by atoms with E-state index >= 15 is 0 Å². The Kier molecular flexibility index (Phi) is 8.52. The van der Waals surface area contributed by atoms with Crippen molar-refractivity contribution < 1.29 is 9.47 Å². The highest BCUT2D eigenvalue weighted by molar-refractivity contribution is 7.80. The van der Waals surface area contributed by atoms with Crippen molar-refractivity contribution in [2.24, 2.45) is 5.92 Å². The lowest BCUT2D eigenvalue weighted by molar-refractivity contribution is 0.275. The summed E-state index contributed by atoms with van der Waals surface area (Å²) in [7, 11) is 1.69. The van der Waals surface area contributed by atoms with Gasteiger partial charge in [-0.1, -0.05) is 0 Å². The molecule has 2 aliphatic rings. The minimum absolute atomic E-state index is 0.585. The van der Waals surface area contributed by atoms with Crippen molar-refractivity contribution in [2.75, 3.05) is 57.9 Å². The lowest BCUT2D eigenvalue weighted by Crippen LogP contribution is -2.51. The molecule has 198 valence electrons. The van der Waals surface area contributed by atoms with Crippen molar-refractivity contribution in [3.05, 3.63) is 36.7 Å².